The number of nitrogens with one attached hydrogen (secondary N) is 1. The van der Waals surface area contributed by atoms with Crippen LogP contribution in [0.4, 0.5) is 0 Å². The van der Waals surface area contributed by atoms with Gasteiger partial charge in [-0.1, -0.05) is 26.7 Å². The lowest BCUT2D eigenvalue weighted by Gasteiger charge is -2.15. The molecule has 0 saturated heterocycles. The van der Waals surface area contributed by atoms with Gasteiger partial charge in [-0.3, -0.25) is 0 Å². The van der Waals surface area contributed by atoms with Crippen molar-refractivity contribution >= 4 is 10.0 Å². The largest absolute Gasteiger partial charge is 0.215 e. The van der Waals surface area contributed by atoms with Gasteiger partial charge < -0.3 is 0 Å². The van der Waals surface area contributed by atoms with E-state index in [1.165, 1.54) is 0 Å². The Morgan fingerprint density at radius 2 is 1.79 bits per heavy atom. The number of rotatable bonds is 7. The maximum Gasteiger partial charge on any atom is 0.215 e. The van der Waals surface area contributed by atoms with Crippen LogP contribution in [0.2, 0.25) is 0 Å². The Morgan fingerprint density at radius 1 is 1.29 bits per heavy atom. The fraction of sp³-hybridized carbons (Fsp3) is 0.889. The van der Waals surface area contributed by atoms with Crippen molar-refractivity contribution in [3.8, 4) is 6.07 Å². The maximum absolute atomic E-state index is 11.6. The molecule has 82 valence electrons. The molecule has 0 spiro atoms. The second-order valence-electron chi connectivity index (χ2n) is 3.22. The lowest BCUT2D eigenvalue weighted by molar-refractivity contribution is 0.545. The van der Waals surface area contributed by atoms with Gasteiger partial charge in [0.1, 0.15) is 0 Å². The molecule has 0 atom stereocenters. The molecule has 0 fully saturated rings. The zero-order valence-electron chi connectivity index (χ0n) is 8.78. The van der Waals surface area contributed by atoms with Gasteiger partial charge >= 0.3 is 0 Å². The fourth-order valence-electron chi connectivity index (χ4n) is 1.35. The molecule has 0 aromatic rings. The van der Waals surface area contributed by atoms with E-state index in [0.717, 1.165) is 12.8 Å². The first-order valence-electron chi connectivity index (χ1n) is 4.93. The van der Waals surface area contributed by atoms with E-state index in [9.17, 15) is 8.42 Å². The number of nitrogens with zero attached hydrogens (tertiary/aromatic N) is 1. The summed E-state index contributed by atoms with van der Waals surface area (Å²) in [4.78, 5) is 0. The highest BCUT2D eigenvalue weighted by Crippen LogP contribution is 2.13. The second kappa shape index (κ2) is 6.80. The molecule has 5 heteroatoms. The van der Waals surface area contributed by atoms with Crippen molar-refractivity contribution < 1.29 is 8.42 Å². The highest BCUT2D eigenvalue weighted by Gasteiger charge is 2.22. The van der Waals surface area contributed by atoms with Gasteiger partial charge in [0.05, 0.1) is 17.9 Å². The normalized spacial score (nSPS) is 11.6. The van der Waals surface area contributed by atoms with E-state index in [4.69, 9.17) is 5.26 Å². The van der Waals surface area contributed by atoms with Gasteiger partial charge in [0, 0.05) is 0 Å². The van der Waals surface area contributed by atoms with Crippen LogP contribution in [0, 0.1) is 11.3 Å². The third kappa shape index (κ3) is 4.58. The molecule has 0 unspecified atom stereocenters. The summed E-state index contributed by atoms with van der Waals surface area (Å²) in [5.74, 6) is 0. The average Bonchev–Trinajstić information content (AvgIpc) is 2.14. The first kappa shape index (κ1) is 13.4. The van der Waals surface area contributed by atoms with Crippen LogP contribution in [0.25, 0.3) is 0 Å². The van der Waals surface area contributed by atoms with Gasteiger partial charge in [-0.25, -0.2) is 13.1 Å². The standard InChI is InChI=1S/C9H18N2O2S/c1-3-5-9(6-4-2)14(12,13)11-8-7-10/h9,11H,3-6,8H2,1-2H3. The lowest BCUT2D eigenvalue weighted by Crippen LogP contribution is -2.34. The van der Waals surface area contributed by atoms with Crippen molar-refractivity contribution in [3.63, 3.8) is 0 Å². The van der Waals surface area contributed by atoms with E-state index in [0.29, 0.717) is 12.8 Å². The summed E-state index contributed by atoms with van der Waals surface area (Å²) < 4.78 is 25.5. The molecular weight excluding hydrogens is 200 g/mol. The summed E-state index contributed by atoms with van der Waals surface area (Å²) in [5.41, 5.74) is 0. The van der Waals surface area contributed by atoms with Gasteiger partial charge in [-0.2, -0.15) is 5.26 Å². The average molecular weight is 218 g/mol. The highest BCUT2D eigenvalue weighted by atomic mass is 32.2. The Morgan fingerprint density at radius 3 is 2.14 bits per heavy atom. The third-order valence-electron chi connectivity index (χ3n) is 2.01. The van der Waals surface area contributed by atoms with Gasteiger partial charge in [-0.15, -0.1) is 0 Å². The summed E-state index contributed by atoms with van der Waals surface area (Å²) in [6.07, 6.45) is 3.01. The molecule has 0 aliphatic heterocycles. The molecule has 0 amide bonds. The summed E-state index contributed by atoms with van der Waals surface area (Å²) in [5, 5.41) is 7.95. The number of hydrogen-bond acceptors (Lipinski definition) is 3. The van der Waals surface area contributed by atoms with Crippen LogP contribution in [-0.2, 0) is 10.0 Å². The second-order valence-corrected chi connectivity index (χ2v) is 5.27. The molecule has 0 bridgehead atoms. The summed E-state index contributed by atoms with van der Waals surface area (Å²) >= 11 is 0. The zero-order chi connectivity index (χ0) is 11.0. The number of nitriles is 1. The third-order valence-corrected chi connectivity index (χ3v) is 3.91. The smallest absolute Gasteiger partial charge is 0.212 e. The molecule has 4 nitrogen and oxygen atoms in total. The van der Waals surface area contributed by atoms with Gasteiger partial charge in [0.25, 0.3) is 0 Å². The van der Waals surface area contributed by atoms with Crippen LogP contribution in [-0.4, -0.2) is 20.2 Å². The molecule has 1 N–H and O–H groups in total. The van der Waals surface area contributed by atoms with Gasteiger partial charge in [-0.05, 0) is 12.8 Å². The van der Waals surface area contributed by atoms with Crippen LogP contribution in [0.5, 0.6) is 0 Å². The summed E-state index contributed by atoms with van der Waals surface area (Å²) in [7, 11) is -3.28. The SMILES string of the molecule is CCCC(CCC)S(=O)(=O)NCC#N. The highest BCUT2D eigenvalue weighted by molar-refractivity contribution is 7.90. The first-order chi connectivity index (χ1) is 6.58. The van der Waals surface area contributed by atoms with Crippen molar-refractivity contribution in [2.75, 3.05) is 6.54 Å². The lowest BCUT2D eigenvalue weighted by atomic mass is 10.2. The Bertz CT molecular complexity index is 274. The van der Waals surface area contributed by atoms with Crippen LogP contribution in [0.15, 0.2) is 0 Å². The molecule has 0 aromatic carbocycles. The van der Waals surface area contributed by atoms with Crippen molar-refractivity contribution in [2.45, 2.75) is 44.8 Å². The molecule has 0 heterocycles. The van der Waals surface area contributed by atoms with E-state index >= 15 is 0 Å². The van der Waals surface area contributed by atoms with E-state index in [-0.39, 0.29) is 11.8 Å². The molecule has 0 aliphatic rings. The first-order valence-corrected chi connectivity index (χ1v) is 6.48. The summed E-state index contributed by atoms with van der Waals surface area (Å²) in [6, 6.07) is 1.77. The predicted molar refractivity (Wildman–Crippen MR) is 56.1 cm³/mol. The van der Waals surface area contributed by atoms with Crippen molar-refractivity contribution in [1.82, 2.24) is 4.72 Å². The van der Waals surface area contributed by atoms with E-state index in [2.05, 4.69) is 4.72 Å². The predicted octanol–water partition coefficient (Wildman–Crippen LogP) is 1.40. The number of hydrogen-bond donors (Lipinski definition) is 1. The summed E-state index contributed by atoms with van der Waals surface area (Å²) in [6.45, 7) is 3.79. The van der Waals surface area contributed by atoms with Crippen LogP contribution >= 0.6 is 0 Å². The molecule has 0 rings (SSSR count). The maximum atomic E-state index is 11.6. The van der Waals surface area contributed by atoms with Crippen molar-refractivity contribution in [2.24, 2.45) is 0 Å². The topological polar surface area (TPSA) is 70.0 Å². The molecule has 0 aliphatic carbocycles. The van der Waals surface area contributed by atoms with Crippen LogP contribution < -0.4 is 4.72 Å². The Hall–Kier alpha value is -0.600. The van der Waals surface area contributed by atoms with E-state index < -0.39 is 10.0 Å². The minimum absolute atomic E-state index is 0.133. The fourth-order valence-corrected chi connectivity index (χ4v) is 2.94. The van der Waals surface area contributed by atoms with Crippen molar-refractivity contribution in [3.05, 3.63) is 0 Å². The van der Waals surface area contributed by atoms with Crippen molar-refractivity contribution in [1.29, 1.82) is 5.26 Å². The Labute approximate surface area is 86.4 Å². The zero-order valence-corrected chi connectivity index (χ0v) is 9.60. The number of sulfonamides is 1. The quantitative estimate of drug-likeness (QED) is 0.657. The Kier molecular flexibility index (Phi) is 6.50. The molecule has 14 heavy (non-hydrogen) atoms. The molecular formula is C9H18N2O2S. The van der Waals surface area contributed by atoms with Gasteiger partial charge in [0.2, 0.25) is 10.0 Å². The molecule has 0 saturated carbocycles. The molecule has 0 radical (unpaired) electrons. The van der Waals surface area contributed by atoms with Crippen LogP contribution in [0.1, 0.15) is 39.5 Å². The monoisotopic (exact) mass is 218 g/mol. The Balaban J connectivity index is 4.39. The van der Waals surface area contributed by atoms with E-state index in [1.807, 2.05) is 13.8 Å². The molecule has 0 aromatic heterocycles. The van der Waals surface area contributed by atoms with E-state index in [1.54, 1.807) is 6.07 Å². The minimum atomic E-state index is -3.28. The minimum Gasteiger partial charge on any atom is -0.212 e. The van der Waals surface area contributed by atoms with Crippen LogP contribution in [0.3, 0.4) is 0 Å². The van der Waals surface area contributed by atoms with Gasteiger partial charge in [0.15, 0.2) is 0 Å².